The highest BCUT2D eigenvalue weighted by molar-refractivity contribution is 5.81. The first-order valence-corrected chi connectivity index (χ1v) is 14.9. The quantitative estimate of drug-likeness (QED) is 0.261. The third-order valence-electron chi connectivity index (χ3n) is 12.3. The Kier molecular flexibility index (Phi) is 7.67. The van der Waals surface area contributed by atoms with Crippen molar-refractivity contribution in [3.63, 3.8) is 0 Å². The van der Waals surface area contributed by atoms with E-state index >= 15 is 0 Å². The average Bonchev–Trinajstić information content (AvgIpc) is 3.16. The Labute approximate surface area is 211 Å². The van der Waals surface area contributed by atoms with Gasteiger partial charge in [-0.05, 0) is 116 Å². The first-order chi connectivity index (χ1) is 16.0. The van der Waals surface area contributed by atoms with Gasteiger partial charge in [-0.3, -0.25) is 0 Å². The summed E-state index contributed by atoms with van der Waals surface area (Å²) in [7, 11) is 0. The van der Waals surface area contributed by atoms with Crippen molar-refractivity contribution in [2.24, 2.45) is 51.8 Å². The molecule has 0 aromatic heterocycles. The molecule has 0 N–H and O–H groups in total. The Balaban J connectivity index is 1.40. The predicted molar refractivity (Wildman–Crippen MR) is 142 cm³/mol. The number of ether oxygens (including phenoxy) is 1. The van der Waals surface area contributed by atoms with Crippen LogP contribution in [-0.2, 0) is 9.53 Å². The van der Waals surface area contributed by atoms with Crippen molar-refractivity contribution in [2.45, 2.75) is 131 Å². The minimum Gasteiger partial charge on any atom is -0.459 e. The Morgan fingerprint density at radius 1 is 1.06 bits per heavy atom. The van der Waals surface area contributed by atoms with Crippen LogP contribution in [0.4, 0.5) is 0 Å². The van der Waals surface area contributed by atoms with Gasteiger partial charge < -0.3 is 4.74 Å². The molecular weight excluding hydrogens is 416 g/mol. The van der Waals surface area contributed by atoms with Crippen molar-refractivity contribution in [3.8, 4) is 0 Å². The average molecular weight is 471 g/mol. The number of esters is 1. The lowest BCUT2D eigenvalue weighted by Gasteiger charge is -2.61. The van der Waals surface area contributed by atoms with E-state index in [1.54, 1.807) is 0 Å². The monoisotopic (exact) mass is 470 g/mol. The zero-order valence-corrected chi connectivity index (χ0v) is 23.3. The van der Waals surface area contributed by atoms with Crippen molar-refractivity contribution >= 4 is 5.97 Å². The second-order valence-electron chi connectivity index (χ2n) is 14.3. The minimum atomic E-state index is -0.236. The maximum absolute atomic E-state index is 11.8. The van der Waals surface area contributed by atoms with Gasteiger partial charge in [-0.25, -0.2) is 4.79 Å². The van der Waals surface area contributed by atoms with Crippen LogP contribution in [0.15, 0.2) is 12.7 Å². The number of rotatable bonds is 8. The number of fused-ring (bicyclic) bond motifs is 5. The molecule has 0 heterocycles. The lowest BCUT2D eigenvalue weighted by molar-refractivity contribution is -0.158. The molecule has 2 heteroatoms. The van der Waals surface area contributed by atoms with E-state index < -0.39 is 0 Å². The Bertz CT molecular complexity index is 739. The lowest BCUT2D eigenvalue weighted by Crippen LogP contribution is -2.54. The summed E-state index contributed by atoms with van der Waals surface area (Å²) in [5.41, 5.74) is 1.54. The van der Waals surface area contributed by atoms with Crippen LogP contribution in [0, 0.1) is 51.8 Å². The summed E-state index contributed by atoms with van der Waals surface area (Å²) in [5, 5.41) is 0. The molecule has 2 nitrogen and oxygen atoms in total. The number of carbonyl (C=O) groups excluding carboxylic acids is 1. The van der Waals surface area contributed by atoms with Crippen LogP contribution in [0.1, 0.15) is 125 Å². The Morgan fingerprint density at radius 2 is 1.76 bits per heavy atom. The Hall–Kier alpha value is -0.790. The molecule has 194 valence electrons. The van der Waals surface area contributed by atoms with Crippen LogP contribution in [0.3, 0.4) is 0 Å². The SMILES string of the molecule is C=CC(=O)OC1CCC2(C)C(CCC3C2CCC2(C)C(C(C)CCCC(C)(C)CC)CCC32)C1. The topological polar surface area (TPSA) is 26.3 Å². The van der Waals surface area contributed by atoms with E-state index in [9.17, 15) is 4.79 Å². The fourth-order valence-corrected chi connectivity index (χ4v) is 9.79. The smallest absolute Gasteiger partial charge is 0.330 e. The molecule has 4 rings (SSSR count). The number of hydrogen-bond acceptors (Lipinski definition) is 2. The van der Waals surface area contributed by atoms with Crippen molar-refractivity contribution in [2.75, 3.05) is 0 Å². The standard InChI is InChI=1S/C32H54O2/c1-8-29(33)34-24-16-19-31(6)23(21-24)12-13-25-27-15-14-26(32(27,7)20-17-28(25)31)22(3)11-10-18-30(4,5)9-2/h8,22-28H,1,9-21H2,2-7H3. The van der Waals surface area contributed by atoms with Crippen LogP contribution < -0.4 is 0 Å². The zero-order chi connectivity index (χ0) is 24.7. The van der Waals surface area contributed by atoms with Crippen LogP contribution in [-0.4, -0.2) is 12.1 Å². The van der Waals surface area contributed by atoms with E-state index in [1.165, 1.54) is 76.7 Å². The molecule has 0 bridgehead atoms. The van der Waals surface area contributed by atoms with Crippen LogP contribution in [0.5, 0.6) is 0 Å². The number of carbonyl (C=O) groups is 1. The summed E-state index contributed by atoms with van der Waals surface area (Å²) >= 11 is 0. The van der Waals surface area contributed by atoms with Gasteiger partial charge >= 0.3 is 5.97 Å². The normalized spacial score (nSPS) is 42.8. The maximum atomic E-state index is 11.8. The summed E-state index contributed by atoms with van der Waals surface area (Å²) in [6.07, 6.45) is 18.9. The van der Waals surface area contributed by atoms with Crippen LogP contribution in [0.2, 0.25) is 0 Å². The zero-order valence-electron chi connectivity index (χ0n) is 23.3. The van der Waals surface area contributed by atoms with E-state index in [2.05, 4.69) is 48.1 Å². The largest absolute Gasteiger partial charge is 0.459 e. The molecule has 9 atom stereocenters. The molecule has 9 unspecified atom stereocenters. The highest BCUT2D eigenvalue weighted by atomic mass is 16.5. The van der Waals surface area contributed by atoms with E-state index in [1.807, 2.05) is 0 Å². The van der Waals surface area contributed by atoms with Gasteiger partial charge in [0.05, 0.1) is 0 Å². The molecule has 4 aliphatic carbocycles. The van der Waals surface area contributed by atoms with Gasteiger partial charge in [-0.15, -0.1) is 0 Å². The van der Waals surface area contributed by atoms with Gasteiger partial charge in [0.1, 0.15) is 6.10 Å². The molecular formula is C32H54O2. The molecule has 0 saturated heterocycles. The van der Waals surface area contributed by atoms with Crippen molar-refractivity contribution in [1.29, 1.82) is 0 Å². The van der Waals surface area contributed by atoms with Gasteiger partial charge in [0.15, 0.2) is 0 Å². The highest BCUT2D eigenvalue weighted by Crippen LogP contribution is 2.68. The van der Waals surface area contributed by atoms with Crippen LogP contribution >= 0.6 is 0 Å². The maximum Gasteiger partial charge on any atom is 0.330 e. The van der Waals surface area contributed by atoms with Crippen LogP contribution in [0.25, 0.3) is 0 Å². The second kappa shape index (κ2) is 9.93. The minimum absolute atomic E-state index is 0.114. The van der Waals surface area contributed by atoms with Gasteiger partial charge in [0.25, 0.3) is 0 Å². The van der Waals surface area contributed by atoms with Crippen molar-refractivity contribution in [1.82, 2.24) is 0 Å². The molecule has 0 radical (unpaired) electrons. The molecule has 4 saturated carbocycles. The van der Waals surface area contributed by atoms with Crippen molar-refractivity contribution in [3.05, 3.63) is 12.7 Å². The molecule has 0 amide bonds. The van der Waals surface area contributed by atoms with Crippen molar-refractivity contribution < 1.29 is 9.53 Å². The molecule has 4 fully saturated rings. The number of hydrogen-bond donors (Lipinski definition) is 0. The predicted octanol–water partition coefficient (Wildman–Crippen LogP) is 8.99. The van der Waals surface area contributed by atoms with E-state index in [0.29, 0.717) is 16.2 Å². The molecule has 0 aromatic carbocycles. The first kappa shape index (κ1) is 26.3. The summed E-state index contributed by atoms with van der Waals surface area (Å²) < 4.78 is 5.70. The van der Waals surface area contributed by atoms with Gasteiger partial charge in [0, 0.05) is 6.08 Å². The second-order valence-corrected chi connectivity index (χ2v) is 14.3. The molecule has 4 aliphatic rings. The lowest BCUT2D eigenvalue weighted by atomic mass is 9.44. The van der Waals surface area contributed by atoms with Gasteiger partial charge in [-0.2, -0.15) is 0 Å². The third kappa shape index (κ3) is 4.78. The highest BCUT2D eigenvalue weighted by Gasteiger charge is 2.60. The van der Waals surface area contributed by atoms with E-state index in [0.717, 1.165) is 48.3 Å². The fourth-order valence-electron chi connectivity index (χ4n) is 9.79. The van der Waals surface area contributed by atoms with E-state index in [-0.39, 0.29) is 12.1 Å². The van der Waals surface area contributed by atoms with E-state index in [4.69, 9.17) is 4.74 Å². The molecule has 0 aliphatic heterocycles. The Morgan fingerprint density at radius 3 is 2.47 bits per heavy atom. The van der Waals surface area contributed by atoms with Gasteiger partial charge in [-0.1, -0.05) is 67.4 Å². The summed E-state index contributed by atoms with van der Waals surface area (Å²) in [6.45, 7) is 18.7. The summed E-state index contributed by atoms with van der Waals surface area (Å²) in [5.74, 6) is 5.07. The van der Waals surface area contributed by atoms with Gasteiger partial charge in [0.2, 0.25) is 0 Å². The summed E-state index contributed by atoms with van der Waals surface area (Å²) in [6, 6.07) is 0. The molecule has 0 spiro atoms. The molecule has 0 aromatic rings. The third-order valence-corrected chi connectivity index (χ3v) is 12.3. The molecule has 34 heavy (non-hydrogen) atoms. The first-order valence-electron chi connectivity index (χ1n) is 14.9. The fraction of sp³-hybridized carbons (Fsp3) is 0.906. The summed E-state index contributed by atoms with van der Waals surface area (Å²) in [4.78, 5) is 11.8.